The van der Waals surface area contributed by atoms with Gasteiger partial charge in [0.1, 0.15) is 5.82 Å². The van der Waals surface area contributed by atoms with Gasteiger partial charge >= 0.3 is 0 Å². The Labute approximate surface area is 186 Å². The second-order valence-corrected chi connectivity index (χ2v) is 8.51. The van der Waals surface area contributed by atoms with Gasteiger partial charge in [0.2, 0.25) is 5.95 Å². The first kappa shape index (κ1) is 20.6. The molecular weight excluding hydrogens is 408 g/mol. The van der Waals surface area contributed by atoms with E-state index in [9.17, 15) is 9.59 Å². The molecule has 1 aliphatic carbocycles. The third-order valence-corrected chi connectivity index (χ3v) is 6.65. The van der Waals surface area contributed by atoms with Gasteiger partial charge in [-0.05, 0) is 38.2 Å². The molecule has 1 aromatic carbocycles. The number of carbonyl (C=O) groups excluding carboxylic acids is 1. The molecule has 8 heteroatoms. The molecule has 1 atom stereocenters. The molecular formula is C24H28N4O4. The lowest BCUT2D eigenvalue weighted by atomic mass is 9.76. The molecule has 2 aliphatic heterocycles. The Hall–Kier alpha value is -3.29. The van der Waals surface area contributed by atoms with Gasteiger partial charge in [-0.3, -0.25) is 14.6 Å². The van der Waals surface area contributed by atoms with E-state index in [1.165, 1.54) is 6.42 Å². The lowest BCUT2D eigenvalue weighted by Gasteiger charge is -2.34. The number of Topliss-reactive ketones (excluding diaryl/α,β-unsaturated/α-hetero) is 1. The summed E-state index contributed by atoms with van der Waals surface area (Å²) in [6.45, 7) is 1.75. The van der Waals surface area contributed by atoms with Crippen molar-refractivity contribution in [3.8, 4) is 11.5 Å². The number of hydrogen-bond donors (Lipinski definition) is 2. The molecule has 8 nitrogen and oxygen atoms in total. The summed E-state index contributed by atoms with van der Waals surface area (Å²) in [5, 5.41) is 3.34. The quantitative estimate of drug-likeness (QED) is 0.759. The highest BCUT2D eigenvalue weighted by Crippen LogP contribution is 2.47. The van der Waals surface area contributed by atoms with E-state index in [1.54, 1.807) is 14.2 Å². The van der Waals surface area contributed by atoms with E-state index in [2.05, 4.69) is 15.2 Å². The van der Waals surface area contributed by atoms with E-state index in [-0.39, 0.29) is 11.3 Å². The van der Waals surface area contributed by atoms with Gasteiger partial charge in [-0.1, -0.05) is 12.1 Å². The molecule has 0 bridgehead atoms. The molecule has 3 aliphatic rings. The zero-order chi connectivity index (χ0) is 22.2. The molecule has 32 heavy (non-hydrogen) atoms. The Bertz CT molecular complexity index is 1150. The Morgan fingerprint density at radius 2 is 1.84 bits per heavy atom. The SMILES string of the molecule is COc1cccc(C2C3=C(CCCC3=O)Nc3nc(N4CCCCC4)[nH]c(=O)c32)c1OC. The predicted molar refractivity (Wildman–Crippen MR) is 122 cm³/mol. The van der Waals surface area contributed by atoms with Crippen molar-refractivity contribution < 1.29 is 14.3 Å². The number of hydrogen-bond acceptors (Lipinski definition) is 7. The van der Waals surface area contributed by atoms with Crippen molar-refractivity contribution in [1.29, 1.82) is 0 Å². The van der Waals surface area contributed by atoms with Crippen LogP contribution in [0, 0.1) is 0 Å². The number of fused-ring (bicyclic) bond motifs is 1. The van der Waals surface area contributed by atoms with Gasteiger partial charge in [0.05, 0.1) is 25.7 Å². The van der Waals surface area contributed by atoms with Gasteiger partial charge in [0.25, 0.3) is 5.56 Å². The summed E-state index contributed by atoms with van der Waals surface area (Å²) in [5.41, 5.74) is 2.43. The fourth-order valence-electron chi connectivity index (χ4n) is 5.16. The Morgan fingerprint density at radius 3 is 2.59 bits per heavy atom. The standard InChI is InChI=1S/C24H28N4O4/c1-31-17-11-6-8-14(21(17)32-2)18-19-15(9-7-10-16(19)29)25-22-20(18)23(30)27-24(26-22)28-12-4-3-5-13-28/h6,8,11,18H,3-5,7,9-10,12-13H2,1-2H3,(H2,25,26,27,30). The Morgan fingerprint density at radius 1 is 1.03 bits per heavy atom. The lowest BCUT2D eigenvalue weighted by Crippen LogP contribution is -2.36. The van der Waals surface area contributed by atoms with E-state index >= 15 is 0 Å². The fourth-order valence-corrected chi connectivity index (χ4v) is 5.16. The number of nitrogens with one attached hydrogen (secondary N) is 2. The molecule has 1 fully saturated rings. The first-order valence-corrected chi connectivity index (χ1v) is 11.3. The molecule has 0 saturated carbocycles. The molecule has 0 spiro atoms. The number of aromatic nitrogens is 2. The minimum atomic E-state index is -0.564. The number of piperidine rings is 1. The van der Waals surface area contributed by atoms with Crippen LogP contribution >= 0.6 is 0 Å². The van der Waals surface area contributed by atoms with Crippen LogP contribution < -0.4 is 25.2 Å². The molecule has 0 radical (unpaired) electrons. The average molecular weight is 437 g/mol. The van der Waals surface area contributed by atoms with Crippen LogP contribution in [0.1, 0.15) is 55.6 Å². The van der Waals surface area contributed by atoms with Gasteiger partial charge in [0.15, 0.2) is 17.3 Å². The van der Waals surface area contributed by atoms with Crippen molar-refractivity contribution in [2.45, 2.75) is 44.4 Å². The third-order valence-electron chi connectivity index (χ3n) is 6.65. The van der Waals surface area contributed by atoms with Crippen LogP contribution in [0.5, 0.6) is 11.5 Å². The molecule has 1 saturated heterocycles. The minimum absolute atomic E-state index is 0.0544. The number of H-pyrrole nitrogens is 1. The van der Waals surface area contributed by atoms with Gasteiger partial charge in [0, 0.05) is 36.3 Å². The maximum absolute atomic E-state index is 13.5. The van der Waals surface area contributed by atoms with Crippen LogP contribution in [0.3, 0.4) is 0 Å². The number of benzene rings is 1. The second-order valence-electron chi connectivity index (χ2n) is 8.51. The summed E-state index contributed by atoms with van der Waals surface area (Å²) in [6.07, 6.45) is 5.36. The first-order valence-electron chi connectivity index (χ1n) is 11.3. The molecule has 5 rings (SSSR count). The number of rotatable bonds is 4. The van der Waals surface area contributed by atoms with Crippen LogP contribution in [-0.4, -0.2) is 43.1 Å². The zero-order valence-electron chi connectivity index (χ0n) is 18.5. The predicted octanol–water partition coefficient (Wildman–Crippen LogP) is 3.34. The topological polar surface area (TPSA) is 96.5 Å². The normalized spacial score (nSPS) is 20.4. The maximum atomic E-state index is 13.5. The summed E-state index contributed by atoms with van der Waals surface area (Å²) in [7, 11) is 3.15. The van der Waals surface area contributed by atoms with E-state index < -0.39 is 5.92 Å². The summed E-state index contributed by atoms with van der Waals surface area (Å²) in [5.74, 6) is 1.69. The molecule has 1 aromatic heterocycles. The van der Waals surface area contributed by atoms with Gasteiger partial charge in [-0.2, -0.15) is 4.98 Å². The van der Waals surface area contributed by atoms with Crippen molar-refractivity contribution in [3.63, 3.8) is 0 Å². The van der Waals surface area contributed by atoms with Crippen molar-refractivity contribution in [3.05, 3.63) is 50.9 Å². The molecule has 2 N–H and O–H groups in total. The average Bonchev–Trinajstić information content (AvgIpc) is 2.82. The number of aromatic amines is 1. The molecule has 168 valence electrons. The first-order chi connectivity index (χ1) is 15.6. The van der Waals surface area contributed by atoms with Crippen LogP contribution in [-0.2, 0) is 4.79 Å². The number of ketones is 1. The van der Waals surface area contributed by atoms with E-state index in [4.69, 9.17) is 14.5 Å². The van der Waals surface area contributed by atoms with Crippen molar-refractivity contribution in [2.24, 2.45) is 0 Å². The second kappa shape index (κ2) is 8.33. The zero-order valence-corrected chi connectivity index (χ0v) is 18.5. The lowest BCUT2D eigenvalue weighted by molar-refractivity contribution is -0.116. The number of nitrogens with zero attached hydrogens (tertiary/aromatic N) is 2. The van der Waals surface area contributed by atoms with Gasteiger partial charge in [-0.25, -0.2) is 0 Å². The van der Waals surface area contributed by atoms with Crippen LogP contribution in [0.4, 0.5) is 11.8 Å². The number of methoxy groups -OCH3 is 2. The third kappa shape index (κ3) is 3.34. The van der Waals surface area contributed by atoms with E-state index in [0.29, 0.717) is 40.8 Å². The van der Waals surface area contributed by atoms with Crippen LogP contribution in [0.25, 0.3) is 0 Å². The minimum Gasteiger partial charge on any atom is -0.493 e. The van der Waals surface area contributed by atoms with Gasteiger partial charge in [-0.15, -0.1) is 0 Å². The van der Waals surface area contributed by atoms with Crippen LogP contribution in [0.2, 0.25) is 0 Å². The smallest absolute Gasteiger partial charge is 0.258 e. The summed E-state index contributed by atoms with van der Waals surface area (Å²) < 4.78 is 11.2. The van der Waals surface area contributed by atoms with Crippen molar-refractivity contribution in [2.75, 3.05) is 37.5 Å². The van der Waals surface area contributed by atoms with Gasteiger partial charge < -0.3 is 19.7 Å². The highest BCUT2D eigenvalue weighted by Gasteiger charge is 2.39. The van der Waals surface area contributed by atoms with Crippen molar-refractivity contribution >= 4 is 17.5 Å². The van der Waals surface area contributed by atoms with E-state index in [0.717, 1.165) is 50.0 Å². The molecule has 0 amide bonds. The number of para-hydroxylation sites is 1. The molecule has 2 aromatic rings. The molecule has 3 heterocycles. The summed E-state index contributed by atoms with van der Waals surface area (Å²) in [4.78, 5) is 36.5. The van der Waals surface area contributed by atoms with E-state index in [1.807, 2.05) is 18.2 Å². The maximum Gasteiger partial charge on any atom is 0.258 e. The number of allylic oxidation sites excluding steroid dienone is 2. The monoisotopic (exact) mass is 436 g/mol. The Kier molecular flexibility index (Phi) is 5.36. The van der Waals surface area contributed by atoms with Crippen LogP contribution in [0.15, 0.2) is 34.3 Å². The highest BCUT2D eigenvalue weighted by molar-refractivity contribution is 6.01. The molecule has 1 unspecified atom stereocenters. The fraction of sp³-hybridized carbons (Fsp3) is 0.458. The number of carbonyl (C=O) groups is 1. The summed E-state index contributed by atoms with van der Waals surface area (Å²) >= 11 is 0. The van der Waals surface area contributed by atoms with Crippen molar-refractivity contribution in [1.82, 2.24) is 9.97 Å². The largest absolute Gasteiger partial charge is 0.493 e. The highest BCUT2D eigenvalue weighted by atomic mass is 16.5. The number of ether oxygens (including phenoxy) is 2. The Balaban J connectivity index is 1.72. The number of anilines is 2. The summed E-state index contributed by atoms with van der Waals surface area (Å²) in [6, 6.07) is 5.56.